The van der Waals surface area contributed by atoms with Gasteiger partial charge in [-0.1, -0.05) is 42.0 Å². The van der Waals surface area contributed by atoms with E-state index in [9.17, 15) is 14.4 Å². The molecule has 0 unspecified atom stereocenters. The van der Waals surface area contributed by atoms with E-state index in [2.05, 4.69) is 9.97 Å². The van der Waals surface area contributed by atoms with Crippen LogP contribution in [0, 0.1) is 6.92 Å². The Balaban J connectivity index is 2.13. The lowest BCUT2D eigenvalue weighted by atomic mass is 10.0. The van der Waals surface area contributed by atoms with Crippen molar-refractivity contribution >= 4 is 28.3 Å². The average Bonchev–Trinajstić information content (AvgIpc) is 2.56. The molecule has 0 amide bonds. The summed E-state index contributed by atoms with van der Waals surface area (Å²) in [7, 11) is 0. The summed E-state index contributed by atoms with van der Waals surface area (Å²) in [6, 6.07) is 13.6. The highest BCUT2D eigenvalue weighted by Crippen LogP contribution is 2.16. The minimum atomic E-state index is -0.595. The van der Waals surface area contributed by atoms with Gasteiger partial charge < -0.3 is 4.98 Å². The van der Waals surface area contributed by atoms with Gasteiger partial charge in [-0.3, -0.25) is 9.59 Å². The van der Waals surface area contributed by atoms with E-state index in [1.807, 2.05) is 6.92 Å². The third-order valence-corrected chi connectivity index (χ3v) is 3.48. The molecule has 0 aliphatic heterocycles. The lowest BCUT2D eigenvalue weighted by Crippen LogP contribution is -2.18. The molecule has 1 N–H and O–H groups in total. The summed E-state index contributed by atoms with van der Waals surface area (Å²) in [5, 5.41) is 0. The first-order valence-corrected chi connectivity index (χ1v) is 6.96. The van der Waals surface area contributed by atoms with Crippen LogP contribution in [0.2, 0.25) is 0 Å². The van der Waals surface area contributed by atoms with Crippen molar-refractivity contribution in [2.75, 3.05) is 0 Å². The number of hydrogen-bond acceptors (Lipinski definition) is 4. The molecule has 0 fully saturated rings. The molecule has 23 heavy (non-hydrogen) atoms. The van der Waals surface area contributed by atoms with E-state index >= 15 is 0 Å². The van der Waals surface area contributed by atoms with Gasteiger partial charge in [0, 0.05) is 5.56 Å². The van der Waals surface area contributed by atoms with Crippen LogP contribution in [0.15, 0.2) is 53.3 Å². The molecule has 0 atom stereocenters. The van der Waals surface area contributed by atoms with Crippen molar-refractivity contribution < 1.29 is 9.59 Å². The van der Waals surface area contributed by atoms with Gasteiger partial charge in [0.2, 0.25) is 5.78 Å². The molecule has 5 heteroatoms. The van der Waals surface area contributed by atoms with Crippen LogP contribution in [0.4, 0.5) is 0 Å². The fourth-order valence-corrected chi connectivity index (χ4v) is 2.25. The van der Waals surface area contributed by atoms with E-state index in [0.717, 1.165) is 5.56 Å². The van der Waals surface area contributed by atoms with Gasteiger partial charge >= 0.3 is 0 Å². The molecular formula is C18H12N2O3. The maximum Gasteiger partial charge on any atom is 0.275 e. The summed E-state index contributed by atoms with van der Waals surface area (Å²) >= 11 is 0. The van der Waals surface area contributed by atoms with Crippen molar-refractivity contribution in [2.24, 2.45) is 0 Å². The number of rotatable bonds is 3. The summed E-state index contributed by atoms with van der Waals surface area (Å²) < 4.78 is 0. The Morgan fingerprint density at radius 1 is 1.09 bits per heavy atom. The summed E-state index contributed by atoms with van der Waals surface area (Å²) in [6.07, 6.45) is 0. The SMILES string of the molecule is Cc1ccc(C(=O)C(=C=O)c2nc3ccccc3[nH]c2=O)cc1. The Morgan fingerprint density at radius 3 is 2.48 bits per heavy atom. The summed E-state index contributed by atoms with van der Waals surface area (Å²) in [6.45, 7) is 1.89. The lowest BCUT2D eigenvalue weighted by Gasteiger charge is -2.04. The number of carbonyl (C=O) groups is 1. The Labute approximate surface area is 131 Å². The smallest absolute Gasteiger partial charge is 0.275 e. The van der Waals surface area contributed by atoms with Gasteiger partial charge in [-0.25, -0.2) is 9.78 Å². The number of benzene rings is 2. The van der Waals surface area contributed by atoms with Crippen molar-refractivity contribution in [2.45, 2.75) is 6.92 Å². The van der Waals surface area contributed by atoms with E-state index in [4.69, 9.17) is 0 Å². The van der Waals surface area contributed by atoms with Crippen LogP contribution in [0.25, 0.3) is 16.6 Å². The fraction of sp³-hybridized carbons (Fsp3) is 0.0556. The lowest BCUT2D eigenvalue weighted by molar-refractivity contribution is 0.105. The second kappa shape index (κ2) is 5.83. The third kappa shape index (κ3) is 2.73. The van der Waals surface area contributed by atoms with Crippen LogP contribution in [-0.4, -0.2) is 21.7 Å². The second-order valence-corrected chi connectivity index (χ2v) is 5.10. The molecule has 3 aromatic rings. The zero-order chi connectivity index (χ0) is 16.4. The van der Waals surface area contributed by atoms with Crippen molar-refractivity contribution in [1.82, 2.24) is 9.97 Å². The molecule has 0 bridgehead atoms. The number of ketones is 1. The molecule has 0 saturated carbocycles. The van der Waals surface area contributed by atoms with E-state index in [-0.39, 0.29) is 11.3 Å². The molecule has 0 aliphatic carbocycles. The Hall–Kier alpha value is -3.30. The standard InChI is InChI=1S/C18H12N2O3/c1-11-6-8-12(9-7-11)17(22)13(10-21)16-18(23)20-15-5-3-2-4-14(15)19-16/h2-9H,1H3,(H,20,23). The zero-order valence-electron chi connectivity index (χ0n) is 12.3. The number of aromatic nitrogens is 2. The van der Waals surface area contributed by atoms with Crippen LogP contribution in [0.5, 0.6) is 0 Å². The molecular weight excluding hydrogens is 292 g/mol. The van der Waals surface area contributed by atoms with Gasteiger partial charge in [-0.15, -0.1) is 0 Å². The zero-order valence-corrected chi connectivity index (χ0v) is 12.3. The first-order valence-electron chi connectivity index (χ1n) is 6.96. The Kier molecular flexibility index (Phi) is 3.71. The highest BCUT2D eigenvalue weighted by Gasteiger charge is 2.20. The number of nitrogens with one attached hydrogen (secondary N) is 1. The van der Waals surface area contributed by atoms with Crippen molar-refractivity contribution in [3.8, 4) is 0 Å². The number of allylic oxidation sites excluding steroid dienone is 1. The van der Waals surface area contributed by atoms with Gasteiger partial charge in [-0.05, 0) is 19.1 Å². The molecule has 2 aromatic carbocycles. The number of carbonyl (C=O) groups excluding carboxylic acids is 2. The van der Waals surface area contributed by atoms with Gasteiger partial charge in [0.25, 0.3) is 5.56 Å². The van der Waals surface area contributed by atoms with Crippen LogP contribution in [-0.2, 0) is 4.79 Å². The minimum Gasteiger partial charge on any atom is -0.319 e. The van der Waals surface area contributed by atoms with E-state index < -0.39 is 11.3 Å². The maximum atomic E-state index is 12.5. The quantitative estimate of drug-likeness (QED) is 0.457. The predicted molar refractivity (Wildman–Crippen MR) is 87.0 cm³/mol. The van der Waals surface area contributed by atoms with Gasteiger partial charge in [0.1, 0.15) is 11.5 Å². The van der Waals surface area contributed by atoms with Crippen LogP contribution >= 0.6 is 0 Å². The average molecular weight is 304 g/mol. The number of para-hydroxylation sites is 2. The number of hydrogen-bond donors (Lipinski definition) is 1. The molecule has 1 aromatic heterocycles. The molecule has 0 saturated heterocycles. The summed E-state index contributed by atoms with van der Waals surface area (Å²) in [4.78, 5) is 42.7. The molecule has 0 radical (unpaired) electrons. The maximum absolute atomic E-state index is 12.5. The number of nitrogens with zero attached hydrogens (tertiary/aromatic N) is 1. The van der Waals surface area contributed by atoms with Gasteiger partial charge in [0.05, 0.1) is 11.0 Å². The first kappa shape index (κ1) is 14.6. The third-order valence-electron chi connectivity index (χ3n) is 3.48. The molecule has 3 rings (SSSR count). The number of fused-ring (bicyclic) bond motifs is 1. The van der Waals surface area contributed by atoms with E-state index in [1.54, 1.807) is 54.5 Å². The highest BCUT2D eigenvalue weighted by molar-refractivity contribution is 6.34. The number of aryl methyl sites for hydroxylation is 1. The Morgan fingerprint density at radius 2 is 1.78 bits per heavy atom. The highest BCUT2D eigenvalue weighted by atomic mass is 16.1. The first-order chi connectivity index (χ1) is 11.1. The Bertz CT molecular complexity index is 1010. The molecule has 0 spiro atoms. The molecule has 1 heterocycles. The summed E-state index contributed by atoms with van der Waals surface area (Å²) in [5.74, 6) is 0.996. The number of H-pyrrole nitrogens is 1. The second-order valence-electron chi connectivity index (χ2n) is 5.10. The van der Waals surface area contributed by atoms with Crippen molar-refractivity contribution in [1.29, 1.82) is 0 Å². The summed E-state index contributed by atoms with van der Waals surface area (Å²) in [5.41, 5.74) is 1.14. The number of Topliss-reactive ketones (excluding diaryl/α,β-unsaturated/α-hetero) is 1. The molecule has 5 nitrogen and oxygen atoms in total. The number of aromatic amines is 1. The minimum absolute atomic E-state index is 0.218. The van der Waals surface area contributed by atoms with Crippen LogP contribution < -0.4 is 5.56 Å². The van der Waals surface area contributed by atoms with Crippen molar-refractivity contribution in [3.05, 3.63) is 75.7 Å². The fourth-order valence-electron chi connectivity index (χ4n) is 2.25. The molecule has 112 valence electrons. The van der Waals surface area contributed by atoms with E-state index in [1.165, 1.54) is 0 Å². The van der Waals surface area contributed by atoms with Crippen LogP contribution in [0.3, 0.4) is 0 Å². The van der Waals surface area contributed by atoms with Gasteiger partial charge in [0.15, 0.2) is 5.69 Å². The largest absolute Gasteiger partial charge is 0.319 e. The topological polar surface area (TPSA) is 79.9 Å². The predicted octanol–water partition coefficient (Wildman–Crippen LogP) is 2.33. The molecule has 0 aliphatic rings. The van der Waals surface area contributed by atoms with Crippen LogP contribution in [0.1, 0.15) is 21.6 Å². The van der Waals surface area contributed by atoms with Gasteiger partial charge in [-0.2, -0.15) is 0 Å². The normalized spacial score (nSPS) is 10.3. The monoisotopic (exact) mass is 304 g/mol. The van der Waals surface area contributed by atoms with E-state index in [0.29, 0.717) is 16.6 Å². The van der Waals surface area contributed by atoms with Crippen molar-refractivity contribution in [3.63, 3.8) is 0 Å².